The van der Waals surface area contributed by atoms with E-state index in [0.717, 1.165) is 5.75 Å². The number of allylic oxidation sites excluding steroid dienone is 1. The van der Waals surface area contributed by atoms with Gasteiger partial charge in [-0.3, -0.25) is 9.36 Å². The van der Waals surface area contributed by atoms with Crippen molar-refractivity contribution >= 4 is 34.3 Å². The first kappa shape index (κ1) is 18.7. The molecule has 0 aliphatic rings. The molecule has 5 heteroatoms. The highest BCUT2D eigenvalue weighted by atomic mass is 35.5. The number of hydrogen-bond acceptors (Lipinski definition) is 3. The van der Waals surface area contributed by atoms with Crippen molar-refractivity contribution in [2.24, 2.45) is 0 Å². The van der Waals surface area contributed by atoms with Gasteiger partial charge in [-0.15, -0.1) is 6.58 Å². The van der Waals surface area contributed by atoms with Gasteiger partial charge in [-0.05, 0) is 35.2 Å². The minimum Gasteiger partial charge on any atom is -0.283 e. The first-order valence-corrected chi connectivity index (χ1v) is 9.88. The molecule has 3 rings (SSSR count). The third-order valence-corrected chi connectivity index (χ3v) is 5.49. The molecule has 1 aromatic heterocycles. The zero-order chi connectivity index (χ0) is 18.7. The second-order valence-corrected chi connectivity index (χ2v) is 7.82. The summed E-state index contributed by atoms with van der Waals surface area (Å²) < 4.78 is 1.65. The van der Waals surface area contributed by atoms with Crippen LogP contribution in [0.5, 0.6) is 0 Å². The Bertz CT molecular complexity index is 993. The Labute approximate surface area is 162 Å². The van der Waals surface area contributed by atoms with Gasteiger partial charge in [0.2, 0.25) is 0 Å². The first-order chi connectivity index (χ1) is 12.5. The summed E-state index contributed by atoms with van der Waals surface area (Å²) in [6.45, 7) is 8.54. The van der Waals surface area contributed by atoms with E-state index in [9.17, 15) is 4.79 Å². The van der Waals surface area contributed by atoms with Crippen LogP contribution in [0.4, 0.5) is 0 Å². The van der Waals surface area contributed by atoms with Gasteiger partial charge in [-0.1, -0.05) is 67.6 Å². The lowest BCUT2D eigenvalue weighted by molar-refractivity contribution is 0.671. The number of fused-ring (bicyclic) bond motifs is 1. The van der Waals surface area contributed by atoms with Crippen molar-refractivity contribution in [2.45, 2.75) is 37.2 Å². The van der Waals surface area contributed by atoms with Crippen LogP contribution in [0.3, 0.4) is 0 Å². The molecule has 0 bridgehead atoms. The Balaban J connectivity index is 1.93. The molecule has 0 saturated carbocycles. The maximum atomic E-state index is 12.8. The van der Waals surface area contributed by atoms with E-state index in [1.54, 1.807) is 40.6 Å². The number of thioether (sulfide) groups is 1. The van der Waals surface area contributed by atoms with Crippen LogP contribution in [0, 0.1) is 0 Å². The Morgan fingerprint density at radius 3 is 2.62 bits per heavy atom. The third-order valence-electron chi connectivity index (χ3n) is 4.21. The summed E-state index contributed by atoms with van der Waals surface area (Å²) in [6.07, 6.45) is 1.71. The van der Waals surface area contributed by atoms with Crippen molar-refractivity contribution in [1.82, 2.24) is 9.55 Å². The standard InChI is InChI=1S/C21H21ClN2OS/c1-4-11-24-20(25)18-12-17(22)9-10-19(18)23-21(24)26-13-15-5-7-16(8-6-15)14(2)3/h4-10,12,14H,1,11,13H2,2-3H3. The lowest BCUT2D eigenvalue weighted by atomic mass is 10.0. The van der Waals surface area contributed by atoms with Gasteiger partial charge < -0.3 is 0 Å². The molecule has 1 heterocycles. The highest BCUT2D eigenvalue weighted by molar-refractivity contribution is 7.98. The predicted molar refractivity (Wildman–Crippen MR) is 111 cm³/mol. The summed E-state index contributed by atoms with van der Waals surface area (Å²) in [5, 5.41) is 1.76. The second-order valence-electron chi connectivity index (χ2n) is 6.45. The SMILES string of the molecule is C=CCn1c(SCc2ccc(C(C)C)cc2)nc2ccc(Cl)cc2c1=O. The van der Waals surface area contributed by atoms with Gasteiger partial charge in [0.15, 0.2) is 5.16 Å². The number of rotatable bonds is 6. The van der Waals surface area contributed by atoms with Crippen LogP contribution in [0.15, 0.2) is 65.1 Å². The first-order valence-electron chi connectivity index (χ1n) is 8.52. The van der Waals surface area contributed by atoms with E-state index in [0.29, 0.717) is 33.5 Å². The molecule has 3 nitrogen and oxygen atoms in total. The number of halogens is 1. The van der Waals surface area contributed by atoms with Gasteiger partial charge in [0.1, 0.15) is 0 Å². The van der Waals surface area contributed by atoms with Crippen LogP contribution < -0.4 is 5.56 Å². The largest absolute Gasteiger partial charge is 0.283 e. The second kappa shape index (κ2) is 8.11. The smallest absolute Gasteiger partial charge is 0.262 e. The van der Waals surface area contributed by atoms with Crippen molar-refractivity contribution in [1.29, 1.82) is 0 Å². The number of nitrogens with zero attached hydrogens (tertiary/aromatic N) is 2. The normalized spacial score (nSPS) is 11.2. The van der Waals surface area contributed by atoms with Crippen molar-refractivity contribution in [3.05, 3.63) is 81.6 Å². The average Bonchev–Trinajstić information content (AvgIpc) is 2.63. The van der Waals surface area contributed by atoms with E-state index < -0.39 is 0 Å². The summed E-state index contributed by atoms with van der Waals surface area (Å²) in [4.78, 5) is 17.5. The van der Waals surface area contributed by atoms with Crippen LogP contribution in [0.25, 0.3) is 10.9 Å². The Kier molecular flexibility index (Phi) is 5.84. The maximum absolute atomic E-state index is 12.8. The molecular formula is C21H21ClN2OS. The van der Waals surface area contributed by atoms with Crippen molar-refractivity contribution in [3.8, 4) is 0 Å². The quantitative estimate of drug-likeness (QED) is 0.313. The number of benzene rings is 2. The van der Waals surface area contributed by atoms with Crippen LogP contribution in [0.2, 0.25) is 5.02 Å². The molecule has 0 radical (unpaired) electrons. The molecule has 0 unspecified atom stereocenters. The summed E-state index contributed by atoms with van der Waals surface area (Å²) in [7, 11) is 0. The fourth-order valence-corrected chi connectivity index (χ4v) is 3.86. The molecule has 0 fully saturated rings. The number of hydrogen-bond donors (Lipinski definition) is 0. The summed E-state index contributed by atoms with van der Waals surface area (Å²) in [5.41, 5.74) is 3.10. The van der Waals surface area contributed by atoms with Gasteiger partial charge >= 0.3 is 0 Å². The number of aromatic nitrogens is 2. The molecule has 0 spiro atoms. The molecule has 0 atom stereocenters. The third kappa shape index (κ3) is 4.02. The van der Waals surface area contributed by atoms with E-state index in [-0.39, 0.29) is 5.56 Å². The van der Waals surface area contributed by atoms with E-state index in [2.05, 4.69) is 49.7 Å². The molecule has 3 aromatic rings. The lowest BCUT2D eigenvalue weighted by Gasteiger charge is -2.12. The van der Waals surface area contributed by atoms with E-state index >= 15 is 0 Å². The zero-order valence-electron chi connectivity index (χ0n) is 14.9. The maximum Gasteiger partial charge on any atom is 0.262 e. The Morgan fingerprint density at radius 1 is 1.23 bits per heavy atom. The van der Waals surface area contributed by atoms with Crippen LogP contribution in [-0.4, -0.2) is 9.55 Å². The van der Waals surface area contributed by atoms with Gasteiger partial charge in [-0.25, -0.2) is 4.98 Å². The van der Waals surface area contributed by atoms with E-state index in [1.807, 2.05) is 0 Å². The monoisotopic (exact) mass is 384 g/mol. The predicted octanol–water partition coefficient (Wildman–Crippen LogP) is 5.65. The fraction of sp³-hybridized carbons (Fsp3) is 0.238. The van der Waals surface area contributed by atoms with Crippen LogP contribution >= 0.6 is 23.4 Å². The van der Waals surface area contributed by atoms with E-state index in [4.69, 9.17) is 11.6 Å². The highest BCUT2D eigenvalue weighted by Gasteiger charge is 2.11. The molecule has 0 aliphatic carbocycles. The van der Waals surface area contributed by atoms with E-state index in [1.165, 1.54) is 11.1 Å². The topological polar surface area (TPSA) is 34.9 Å². The summed E-state index contributed by atoms with van der Waals surface area (Å²) >= 11 is 7.59. The minimum absolute atomic E-state index is 0.0879. The zero-order valence-corrected chi connectivity index (χ0v) is 16.5. The molecule has 134 valence electrons. The summed E-state index contributed by atoms with van der Waals surface area (Å²) in [6, 6.07) is 13.8. The van der Waals surface area contributed by atoms with Crippen molar-refractivity contribution in [2.75, 3.05) is 0 Å². The Morgan fingerprint density at radius 2 is 1.96 bits per heavy atom. The van der Waals surface area contributed by atoms with Crippen LogP contribution in [-0.2, 0) is 12.3 Å². The average molecular weight is 385 g/mol. The van der Waals surface area contributed by atoms with Crippen molar-refractivity contribution in [3.63, 3.8) is 0 Å². The van der Waals surface area contributed by atoms with Gasteiger partial charge in [0.25, 0.3) is 5.56 Å². The molecule has 2 aromatic carbocycles. The summed E-state index contributed by atoms with van der Waals surface area (Å²) in [5.74, 6) is 1.27. The molecule has 0 N–H and O–H groups in total. The van der Waals surface area contributed by atoms with Gasteiger partial charge in [-0.2, -0.15) is 0 Å². The van der Waals surface area contributed by atoms with Gasteiger partial charge in [0, 0.05) is 17.3 Å². The lowest BCUT2D eigenvalue weighted by Crippen LogP contribution is -2.22. The van der Waals surface area contributed by atoms with Crippen molar-refractivity contribution < 1.29 is 0 Å². The Hall–Kier alpha value is -2.04. The molecule has 0 aliphatic heterocycles. The molecule has 26 heavy (non-hydrogen) atoms. The molecule has 0 saturated heterocycles. The molecular weight excluding hydrogens is 364 g/mol. The fourth-order valence-electron chi connectivity index (χ4n) is 2.72. The minimum atomic E-state index is -0.0879. The molecule has 0 amide bonds. The van der Waals surface area contributed by atoms with Gasteiger partial charge in [0.05, 0.1) is 10.9 Å². The highest BCUT2D eigenvalue weighted by Crippen LogP contribution is 2.24. The van der Waals surface area contributed by atoms with Crippen LogP contribution in [0.1, 0.15) is 30.9 Å².